The number of rotatable bonds is 4. The van der Waals surface area contributed by atoms with Crippen LogP contribution in [0.15, 0.2) is 22.7 Å². The standard InChI is InChI=1S/C14H20BrFN2/c1-18(10-12-3-2-6-17-8-12)9-11-4-5-13(15)14(16)7-11/h4-5,7,12,17H,2-3,6,8-10H2,1H3. The Morgan fingerprint density at radius 1 is 1.50 bits per heavy atom. The van der Waals surface area contributed by atoms with Crippen molar-refractivity contribution in [2.24, 2.45) is 5.92 Å². The average Bonchev–Trinajstić information content (AvgIpc) is 2.35. The molecule has 1 aromatic carbocycles. The second kappa shape index (κ2) is 6.64. The summed E-state index contributed by atoms with van der Waals surface area (Å²) in [5.41, 5.74) is 1.03. The van der Waals surface area contributed by atoms with Crippen molar-refractivity contribution in [1.82, 2.24) is 10.2 Å². The van der Waals surface area contributed by atoms with Gasteiger partial charge in [0.05, 0.1) is 4.47 Å². The van der Waals surface area contributed by atoms with E-state index >= 15 is 0 Å². The summed E-state index contributed by atoms with van der Waals surface area (Å²) in [6, 6.07) is 5.36. The first-order valence-electron chi connectivity index (χ1n) is 6.48. The van der Waals surface area contributed by atoms with E-state index in [2.05, 4.69) is 33.2 Å². The van der Waals surface area contributed by atoms with Crippen molar-refractivity contribution >= 4 is 15.9 Å². The van der Waals surface area contributed by atoms with Crippen LogP contribution >= 0.6 is 15.9 Å². The summed E-state index contributed by atoms with van der Waals surface area (Å²) in [5, 5.41) is 3.43. The zero-order chi connectivity index (χ0) is 13.0. The lowest BCUT2D eigenvalue weighted by atomic mass is 9.99. The van der Waals surface area contributed by atoms with Crippen molar-refractivity contribution in [3.63, 3.8) is 0 Å². The molecule has 1 aliphatic rings. The predicted octanol–water partition coefficient (Wildman–Crippen LogP) is 3.02. The van der Waals surface area contributed by atoms with E-state index in [1.165, 1.54) is 12.8 Å². The molecule has 2 rings (SSSR count). The first-order chi connectivity index (χ1) is 8.65. The third-order valence-corrected chi connectivity index (χ3v) is 4.05. The summed E-state index contributed by atoms with van der Waals surface area (Å²) >= 11 is 3.18. The molecular formula is C14H20BrFN2. The number of nitrogens with zero attached hydrogens (tertiary/aromatic N) is 1. The van der Waals surface area contributed by atoms with Crippen LogP contribution in [0.4, 0.5) is 4.39 Å². The molecule has 1 saturated heterocycles. The van der Waals surface area contributed by atoms with Gasteiger partial charge in [-0.05, 0) is 72.5 Å². The zero-order valence-electron chi connectivity index (χ0n) is 10.8. The Balaban J connectivity index is 1.85. The van der Waals surface area contributed by atoms with Gasteiger partial charge in [0.2, 0.25) is 0 Å². The van der Waals surface area contributed by atoms with Gasteiger partial charge >= 0.3 is 0 Å². The van der Waals surface area contributed by atoms with Gasteiger partial charge in [-0.3, -0.25) is 0 Å². The number of halogens is 2. The minimum absolute atomic E-state index is 0.180. The topological polar surface area (TPSA) is 15.3 Å². The molecule has 1 N–H and O–H groups in total. The minimum Gasteiger partial charge on any atom is -0.316 e. The predicted molar refractivity (Wildman–Crippen MR) is 76.0 cm³/mol. The molecule has 0 spiro atoms. The largest absolute Gasteiger partial charge is 0.316 e. The second-order valence-corrected chi connectivity index (χ2v) is 6.01. The number of nitrogens with one attached hydrogen (secondary N) is 1. The Hall–Kier alpha value is -0.450. The Labute approximate surface area is 117 Å². The number of hydrogen-bond acceptors (Lipinski definition) is 2. The third-order valence-electron chi connectivity index (χ3n) is 3.41. The van der Waals surface area contributed by atoms with Crippen molar-refractivity contribution in [3.05, 3.63) is 34.1 Å². The maximum absolute atomic E-state index is 13.4. The fourth-order valence-corrected chi connectivity index (χ4v) is 2.78. The normalized spacial score (nSPS) is 20.3. The van der Waals surface area contributed by atoms with Crippen LogP contribution < -0.4 is 5.32 Å². The van der Waals surface area contributed by atoms with E-state index in [0.29, 0.717) is 4.47 Å². The first kappa shape index (κ1) is 14.0. The summed E-state index contributed by atoms with van der Waals surface area (Å²) in [7, 11) is 2.11. The molecule has 1 atom stereocenters. The molecule has 1 heterocycles. The fraction of sp³-hybridized carbons (Fsp3) is 0.571. The van der Waals surface area contributed by atoms with Gasteiger partial charge in [-0.15, -0.1) is 0 Å². The van der Waals surface area contributed by atoms with Crippen molar-refractivity contribution in [1.29, 1.82) is 0 Å². The van der Waals surface area contributed by atoms with Crippen LogP contribution in [-0.4, -0.2) is 31.6 Å². The van der Waals surface area contributed by atoms with Crippen molar-refractivity contribution < 1.29 is 4.39 Å². The molecule has 1 aliphatic heterocycles. The molecule has 0 saturated carbocycles. The van der Waals surface area contributed by atoms with E-state index in [1.54, 1.807) is 12.1 Å². The Bertz CT molecular complexity index is 391. The molecule has 4 heteroatoms. The third kappa shape index (κ3) is 4.04. The average molecular weight is 315 g/mol. The summed E-state index contributed by atoms with van der Waals surface area (Å²) < 4.78 is 13.9. The first-order valence-corrected chi connectivity index (χ1v) is 7.27. The van der Waals surface area contributed by atoms with E-state index < -0.39 is 0 Å². The fourth-order valence-electron chi connectivity index (χ4n) is 2.53. The molecule has 1 aromatic rings. The van der Waals surface area contributed by atoms with Crippen LogP contribution in [0.2, 0.25) is 0 Å². The van der Waals surface area contributed by atoms with Crippen LogP contribution in [0.1, 0.15) is 18.4 Å². The van der Waals surface area contributed by atoms with Gasteiger partial charge < -0.3 is 10.2 Å². The molecule has 0 aliphatic carbocycles. The highest BCUT2D eigenvalue weighted by molar-refractivity contribution is 9.10. The van der Waals surface area contributed by atoms with E-state index in [-0.39, 0.29) is 5.82 Å². The monoisotopic (exact) mass is 314 g/mol. The molecular weight excluding hydrogens is 295 g/mol. The van der Waals surface area contributed by atoms with Gasteiger partial charge in [0.1, 0.15) is 5.82 Å². The van der Waals surface area contributed by atoms with Gasteiger partial charge in [0.25, 0.3) is 0 Å². The second-order valence-electron chi connectivity index (χ2n) is 5.16. The highest BCUT2D eigenvalue weighted by Crippen LogP contribution is 2.18. The molecule has 0 radical (unpaired) electrons. The van der Waals surface area contributed by atoms with Crippen LogP contribution in [0.25, 0.3) is 0 Å². The highest BCUT2D eigenvalue weighted by Gasteiger charge is 2.15. The highest BCUT2D eigenvalue weighted by atomic mass is 79.9. The summed E-state index contributed by atoms with van der Waals surface area (Å²) in [5.74, 6) is 0.546. The molecule has 18 heavy (non-hydrogen) atoms. The zero-order valence-corrected chi connectivity index (χ0v) is 12.3. The smallest absolute Gasteiger partial charge is 0.137 e. The van der Waals surface area contributed by atoms with Crippen molar-refractivity contribution in [2.75, 3.05) is 26.7 Å². The van der Waals surface area contributed by atoms with Crippen molar-refractivity contribution in [3.8, 4) is 0 Å². The van der Waals surface area contributed by atoms with E-state index in [4.69, 9.17) is 0 Å². The van der Waals surface area contributed by atoms with Gasteiger partial charge in [0, 0.05) is 13.1 Å². The summed E-state index contributed by atoms with van der Waals surface area (Å²) in [4.78, 5) is 2.28. The Morgan fingerprint density at radius 3 is 3.00 bits per heavy atom. The molecule has 0 aromatic heterocycles. The van der Waals surface area contributed by atoms with Crippen LogP contribution in [0, 0.1) is 11.7 Å². The van der Waals surface area contributed by atoms with E-state index in [0.717, 1.165) is 37.7 Å². The van der Waals surface area contributed by atoms with Gasteiger partial charge in [0.15, 0.2) is 0 Å². The maximum atomic E-state index is 13.4. The number of benzene rings is 1. The molecule has 1 fully saturated rings. The Kier molecular flexibility index (Phi) is 5.15. The van der Waals surface area contributed by atoms with Crippen LogP contribution in [0.3, 0.4) is 0 Å². The molecule has 2 nitrogen and oxygen atoms in total. The minimum atomic E-state index is -0.180. The summed E-state index contributed by atoms with van der Waals surface area (Å²) in [6.45, 7) is 4.14. The number of hydrogen-bond donors (Lipinski definition) is 1. The van der Waals surface area contributed by atoms with E-state index in [1.807, 2.05) is 6.07 Å². The van der Waals surface area contributed by atoms with Crippen LogP contribution in [-0.2, 0) is 6.54 Å². The lowest BCUT2D eigenvalue weighted by molar-refractivity contribution is 0.237. The van der Waals surface area contributed by atoms with Gasteiger partial charge in [-0.1, -0.05) is 6.07 Å². The SMILES string of the molecule is CN(Cc1ccc(Br)c(F)c1)CC1CCCNC1. The van der Waals surface area contributed by atoms with Gasteiger partial charge in [-0.25, -0.2) is 4.39 Å². The lowest BCUT2D eigenvalue weighted by Gasteiger charge is -2.27. The Morgan fingerprint density at radius 2 is 2.33 bits per heavy atom. The molecule has 0 amide bonds. The van der Waals surface area contributed by atoms with E-state index in [9.17, 15) is 4.39 Å². The van der Waals surface area contributed by atoms with Crippen molar-refractivity contribution in [2.45, 2.75) is 19.4 Å². The van der Waals surface area contributed by atoms with Crippen LogP contribution in [0.5, 0.6) is 0 Å². The van der Waals surface area contributed by atoms with Gasteiger partial charge in [-0.2, -0.15) is 0 Å². The maximum Gasteiger partial charge on any atom is 0.137 e. The quantitative estimate of drug-likeness (QED) is 0.919. The number of piperidine rings is 1. The molecule has 100 valence electrons. The molecule has 0 bridgehead atoms. The summed E-state index contributed by atoms with van der Waals surface area (Å²) in [6.07, 6.45) is 2.57. The molecule has 1 unspecified atom stereocenters. The lowest BCUT2D eigenvalue weighted by Crippen LogP contribution is -2.36.